The van der Waals surface area contributed by atoms with Crippen LogP contribution in [0.3, 0.4) is 0 Å². The molecule has 1 N–H and O–H groups in total. The van der Waals surface area contributed by atoms with Crippen LogP contribution in [0.1, 0.15) is 31.3 Å². The minimum atomic E-state index is -0.255. The Morgan fingerprint density at radius 2 is 2.54 bits per heavy atom. The van der Waals surface area contributed by atoms with Gasteiger partial charge in [0, 0.05) is 17.6 Å². The maximum Gasteiger partial charge on any atom is 0.148 e. The highest BCUT2D eigenvalue weighted by atomic mass is 32.1. The van der Waals surface area contributed by atoms with Crippen LogP contribution >= 0.6 is 11.3 Å². The lowest BCUT2D eigenvalue weighted by Crippen LogP contribution is -2.28. The topological polar surface area (TPSA) is 48.7 Å². The molecule has 1 heterocycles. The van der Waals surface area contributed by atoms with Gasteiger partial charge in [0.15, 0.2) is 0 Å². The first-order valence-electron chi connectivity index (χ1n) is 4.33. The van der Waals surface area contributed by atoms with Gasteiger partial charge in [-0.2, -0.15) is 5.26 Å². The van der Waals surface area contributed by atoms with Crippen molar-refractivity contribution in [1.82, 2.24) is 10.3 Å². The third-order valence-electron chi connectivity index (χ3n) is 1.89. The van der Waals surface area contributed by atoms with Crippen molar-refractivity contribution < 1.29 is 0 Å². The quantitative estimate of drug-likeness (QED) is 0.800. The average Bonchev–Trinajstić information content (AvgIpc) is 2.66. The van der Waals surface area contributed by atoms with Gasteiger partial charge in [-0.1, -0.05) is 6.92 Å². The van der Waals surface area contributed by atoms with Crippen molar-refractivity contribution in [2.24, 2.45) is 0 Å². The van der Waals surface area contributed by atoms with Crippen molar-refractivity contribution in [2.45, 2.75) is 32.4 Å². The van der Waals surface area contributed by atoms with E-state index in [4.69, 9.17) is 5.26 Å². The molecule has 0 bridgehead atoms. The summed E-state index contributed by atoms with van der Waals surface area (Å²) in [5.74, 6) is 0. The minimum Gasteiger partial charge on any atom is -0.294 e. The molecule has 4 heteroatoms. The van der Waals surface area contributed by atoms with Crippen LogP contribution in [0.5, 0.6) is 0 Å². The Labute approximate surface area is 82.4 Å². The molecular weight excluding hydrogens is 182 g/mol. The molecule has 2 unspecified atom stereocenters. The van der Waals surface area contributed by atoms with Crippen LogP contribution < -0.4 is 5.32 Å². The first-order chi connectivity index (χ1) is 6.27. The van der Waals surface area contributed by atoms with Gasteiger partial charge in [0.05, 0.1) is 6.07 Å². The zero-order chi connectivity index (χ0) is 9.68. The molecule has 0 spiro atoms. The molecule has 0 aromatic carbocycles. The fourth-order valence-corrected chi connectivity index (χ4v) is 1.58. The summed E-state index contributed by atoms with van der Waals surface area (Å²) < 4.78 is 0. The summed E-state index contributed by atoms with van der Waals surface area (Å²) in [5, 5.41) is 14.8. The van der Waals surface area contributed by atoms with Crippen molar-refractivity contribution in [1.29, 1.82) is 5.26 Å². The van der Waals surface area contributed by atoms with E-state index >= 15 is 0 Å². The summed E-state index contributed by atoms with van der Waals surface area (Å²) in [6.07, 6.45) is 2.74. The SMILES string of the molecule is CCC(C)NC(C#N)c1nccs1. The summed E-state index contributed by atoms with van der Waals surface area (Å²) in [6, 6.07) is 2.31. The zero-order valence-electron chi connectivity index (χ0n) is 7.82. The molecule has 70 valence electrons. The second-order valence-electron chi connectivity index (χ2n) is 2.91. The number of aromatic nitrogens is 1. The molecule has 0 aliphatic carbocycles. The Hall–Kier alpha value is -0.920. The highest BCUT2D eigenvalue weighted by Gasteiger charge is 2.14. The normalized spacial score (nSPS) is 14.8. The van der Waals surface area contributed by atoms with E-state index in [1.54, 1.807) is 6.20 Å². The number of rotatable bonds is 4. The van der Waals surface area contributed by atoms with Crippen molar-refractivity contribution >= 4 is 11.3 Å². The molecule has 0 radical (unpaired) electrons. The van der Waals surface area contributed by atoms with E-state index in [-0.39, 0.29) is 6.04 Å². The summed E-state index contributed by atoms with van der Waals surface area (Å²) in [6.45, 7) is 4.16. The van der Waals surface area contributed by atoms with Crippen molar-refractivity contribution in [3.8, 4) is 6.07 Å². The van der Waals surface area contributed by atoms with Crippen LogP contribution in [0.15, 0.2) is 11.6 Å². The third kappa shape index (κ3) is 2.79. The molecule has 0 aliphatic rings. The predicted octanol–water partition coefficient (Wildman–Crippen LogP) is 2.10. The van der Waals surface area contributed by atoms with E-state index in [1.165, 1.54) is 11.3 Å². The van der Waals surface area contributed by atoms with Gasteiger partial charge in [-0.3, -0.25) is 5.32 Å². The Morgan fingerprint density at radius 3 is 3.00 bits per heavy atom. The molecule has 0 aliphatic heterocycles. The first-order valence-corrected chi connectivity index (χ1v) is 5.21. The van der Waals surface area contributed by atoms with E-state index < -0.39 is 0 Å². The lowest BCUT2D eigenvalue weighted by atomic mass is 10.2. The van der Waals surface area contributed by atoms with Crippen LogP contribution in [0.2, 0.25) is 0 Å². The Bertz CT molecular complexity index is 276. The molecular formula is C9H13N3S. The minimum absolute atomic E-state index is 0.255. The smallest absolute Gasteiger partial charge is 0.148 e. The molecule has 0 fully saturated rings. The molecule has 2 atom stereocenters. The second-order valence-corrected chi connectivity index (χ2v) is 3.83. The van der Waals surface area contributed by atoms with Gasteiger partial charge < -0.3 is 0 Å². The molecule has 13 heavy (non-hydrogen) atoms. The van der Waals surface area contributed by atoms with Gasteiger partial charge in [-0.15, -0.1) is 11.3 Å². The highest BCUT2D eigenvalue weighted by molar-refractivity contribution is 7.09. The summed E-state index contributed by atoms with van der Waals surface area (Å²) in [5.41, 5.74) is 0. The van der Waals surface area contributed by atoms with Gasteiger partial charge in [-0.05, 0) is 13.3 Å². The van der Waals surface area contributed by atoms with E-state index in [1.807, 2.05) is 5.38 Å². The number of hydrogen-bond donors (Lipinski definition) is 1. The first kappa shape index (κ1) is 10.2. The van der Waals surface area contributed by atoms with E-state index in [0.29, 0.717) is 6.04 Å². The molecule has 1 aromatic rings. The molecule has 0 saturated heterocycles. The van der Waals surface area contributed by atoms with Crippen molar-refractivity contribution in [3.63, 3.8) is 0 Å². The summed E-state index contributed by atoms with van der Waals surface area (Å²) in [7, 11) is 0. The average molecular weight is 195 g/mol. The second kappa shape index (κ2) is 4.95. The van der Waals surface area contributed by atoms with Gasteiger partial charge in [0.1, 0.15) is 11.0 Å². The number of nitrogens with one attached hydrogen (secondary N) is 1. The van der Waals surface area contributed by atoms with Gasteiger partial charge >= 0.3 is 0 Å². The standard InChI is InChI=1S/C9H13N3S/c1-3-7(2)12-8(6-10)9-11-4-5-13-9/h4-5,7-8,12H,3H2,1-2H3. The molecule has 3 nitrogen and oxygen atoms in total. The fourth-order valence-electron chi connectivity index (χ4n) is 0.943. The molecule has 0 amide bonds. The molecule has 1 rings (SSSR count). The lowest BCUT2D eigenvalue weighted by Gasteiger charge is -2.14. The number of nitriles is 1. The largest absolute Gasteiger partial charge is 0.294 e. The predicted molar refractivity (Wildman–Crippen MR) is 53.4 cm³/mol. The Kier molecular flexibility index (Phi) is 3.87. The lowest BCUT2D eigenvalue weighted by molar-refractivity contribution is 0.500. The van der Waals surface area contributed by atoms with Gasteiger partial charge in [-0.25, -0.2) is 4.98 Å². The molecule has 1 aromatic heterocycles. The summed E-state index contributed by atoms with van der Waals surface area (Å²) in [4.78, 5) is 4.11. The third-order valence-corrected chi connectivity index (χ3v) is 2.73. The van der Waals surface area contributed by atoms with Crippen LogP contribution in [0.25, 0.3) is 0 Å². The number of nitrogens with zero attached hydrogens (tertiary/aromatic N) is 2. The molecule has 0 saturated carbocycles. The Balaban J connectivity index is 2.60. The fraction of sp³-hybridized carbons (Fsp3) is 0.556. The van der Waals surface area contributed by atoms with Gasteiger partial charge in [0.2, 0.25) is 0 Å². The maximum absolute atomic E-state index is 8.90. The Morgan fingerprint density at radius 1 is 1.77 bits per heavy atom. The maximum atomic E-state index is 8.90. The van der Waals surface area contributed by atoms with Crippen LogP contribution in [-0.4, -0.2) is 11.0 Å². The summed E-state index contributed by atoms with van der Waals surface area (Å²) >= 11 is 1.51. The van der Waals surface area contributed by atoms with Crippen LogP contribution in [-0.2, 0) is 0 Å². The van der Waals surface area contributed by atoms with Crippen molar-refractivity contribution in [2.75, 3.05) is 0 Å². The van der Waals surface area contributed by atoms with E-state index in [2.05, 4.69) is 30.2 Å². The number of hydrogen-bond acceptors (Lipinski definition) is 4. The van der Waals surface area contributed by atoms with Crippen LogP contribution in [0, 0.1) is 11.3 Å². The van der Waals surface area contributed by atoms with Crippen LogP contribution in [0.4, 0.5) is 0 Å². The zero-order valence-corrected chi connectivity index (χ0v) is 8.64. The highest BCUT2D eigenvalue weighted by Crippen LogP contribution is 2.15. The number of thiazole rings is 1. The monoisotopic (exact) mass is 195 g/mol. The van der Waals surface area contributed by atoms with E-state index in [9.17, 15) is 0 Å². The van der Waals surface area contributed by atoms with E-state index in [0.717, 1.165) is 11.4 Å². The van der Waals surface area contributed by atoms with Gasteiger partial charge in [0.25, 0.3) is 0 Å². The van der Waals surface area contributed by atoms with Crippen molar-refractivity contribution in [3.05, 3.63) is 16.6 Å².